The van der Waals surface area contributed by atoms with Gasteiger partial charge in [-0.25, -0.2) is 8.42 Å². The first-order valence-electron chi connectivity index (χ1n) is 10.5. The van der Waals surface area contributed by atoms with Crippen molar-refractivity contribution in [2.24, 2.45) is 0 Å². The molecule has 0 aliphatic carbocycles. The summed E-state index contributed by atoms with van der Waals surface area (Å²) in [6.07, 6.45) is 0.693. The molecule has 1 atom stereocenters. The molecule has 31 heavy (non-hydrogen) atoms. The normalized spacial score (nSPS) is 14.1. The average molecular weight is 447 g/mol. The highest BCUT2D eigenvalue weighted by Crippen LogP contribution is 2.34. The maximum absolute atomic E-state index is 12.9. The summed E-state index contributed by atoms with van der Waals surface area (Å²) in [7, 11) is -3.68. The number of carbonyl (C=O) groups is 1. The van der Waals surface area contributed by atoms with Crippen LogP contribution in [0.3, 0.4) is 0 Å². The van der Waals surface area contributed by atoms with Gasteiger partial charge in [-0.15, -0.1) is 0 Å². The predicted molar refractivity (Wildman–Crippen MR) is 121 cm³/mol. The van der Waals surface area contributed by atoms with Gasteiger partial charge in [-0.05, 0) is 56.0 Å². The van der Waals surface area contributed by atoms with E-state index in [-0.39, 0.29) is 24.2 Å². The summed E-state index contributed by atoms with van der Waals surface area (Å²) in [5.74, 6) is 0.552. The van der Waals surface area contributed by atoms with E-state index in [1.807, 2.05) is 32.9 Å². The van der Waals surface area contributed by atoms with Crippen LogP contribution in [0, 0.1) is 13.8 Å². The van der Waals surface area contributed by atoms with Gasteiger partial charge >= 0.3 is 0 Å². The lowest BCUT2D eigenvalue weighted by Crippen LogP contribution is -2.42. The molecule has 0 bridgehead atoms. The Morgan fingerprint density at radius 3 is 2.39 bits per heavy atom. The summed E-state index contributed by atoms with van der Waals surface area (Å²) in [5.41, 5.74) is 3.71. The maximum atomic E-state index is 12.9. The number of anilines is 1. The van der Waals surface area contributed by atoms with Crippen molar-refractivity contribution in [1.82, 2.24) is 5.32 Å². The van der Waals surface area contributed by atoms with Crippen LogP contribution in [0.15, 0.2) is 36.4 Å². The summed E-state index contributed by atoms with van der Waals surface area (Å²) in [4.78, 5) is 12.9. The Kier molecular flexibility index (Phi) is 7.10. The number of aryl methyl sites for hydroxylation is 2. The van der Waals surface area contributed by atoms with Gasteiger partial charge in [0.05, 0.1) is 17.5 Å². The third-order valence-corrected chi connectivity index (χ3v) is 7.22. The van der Waals surface area contributed by atoms with Gasteiger partial charge in [0, 0.05) is 6.07 Å². The minimum atomic E-state index is -3.68. The van der Waals surface area contributed by atoms with Gasteiger partial charge in [0.15, 0.2) is 11.5 Å². The molecule has 0 saturated heterocycles. The van der Waals surface area contributed by atoms with Crippen molar-refractivity contribution in [3.63, 3.8) is 0 Å². The standard InChI is InChI=1S/C23H30N2O5S/c1-5-20(18-8-7-16(3)17(4)13-18)24-23(26)15-25(31(27,28)6-2)19-9-10-21-22(14-19)30-12-11-29-21/h7-10,13-14,20H,5-6,11-12,15H2,1-4H3,(H,24,26)/t20-/m0/s1. The third-order valence-electron chi connectivity index (χ3n) is 5.48. The van der Waals surface area contributed by atoms with E-state index in [9.17, 15) is 13.2 Å². The molecule has 168 valence electrons. The zero-order chi connectivity index (χ0) is 22.6. The van der Waals surface area contributed by atoms with Crippen LogP contribution in [0.25, 0.3) is 0 Å². The molecular formula is C23H30N2O5S. The zero-order valence-electron chi connectivity index (χ0n) is 18.5. The number of amides is 1. The number of hydrogen-bond donors (Lipinski definition) is 1. The van der Waals surface area contributed by atoms with Gasteiger partial charge in [-0.2, -0.15) is 0 Å². The lowest BCUT2D eigenvalue weighted by Gasteiger charge is -2.27. The summed E-state index contributed by atoms with van der Waals surface area (Å²) >= 11 is 0. The van der Waals surface area contributed by atoms with Gasteiger partial charge in [0.2, 0.25) is 15.9 Å². The maximum Gasteiger partial charge on any atom is 0.241 e. The van der Waals surface area contributed by atoms with Crippen molar-refractivity contribution in [3.05, 3.63) is 53.1 Å². The van der Waals surface area contributed by atoms with Crippen LogP contribution in [0.2, 0.25) is 0 Å². The summed E-state index contributed by atoms with van der Waals surface area (Å²) < 4.78 is 37.8. The van der Waals surface area contributed by atoms with Crippen molar-refractivity contribution in [2.45, 2.75) is 40.2 Å². The molecule has 3 rings (SSSR count). The Labute approximate surface area is 184 Å². The van der Waals surface area contributed by atoms with Crippen LogP contribution in [-0.2, 0) is 14.8 Å². The van der Waals surface area contributed by atoms with Crippen LogP contribution in [0.5, 0.6) is 11.5 Å². The fraction of sp³-hybridized carbons (Fsp3) is 0.435. The van der Waals surface area contributed by atoms with Crippen LogP contribution in [0.1, 0.15) is 43.0 Å². The number of nitrogens with zero attached hydrogens (tertiary/aromatic N) is 1. The molecule has 1 N–H and O–H groups in total. The zero-order valence-corrected chi connectivity index (χ0v) is 19.3. The van der Waals surface area contributed by atoms with Crippen molar-refractivity contribution in [1.29, 1.82) is 0 Å². The summed E-state index contributed by atoms with van der Waals surface area (Å²) in [5, 5.41) is 2.99. The molecule has 1 aliphatic heterocycles. The Hall–Kier alpha value is -2.74. The molecule has 0 aromatic heterocycles. The first kappa shape index (κ1) is 22.9. The minimum absolute atomic E-state index is 0.122. The monoisotopic (exact) mass is 446 g/mol. The number of carbonyl (C=O) groups excluding carboxylic acids is 1. The smallest absolute Gasteiger partial charge is 0.241 e. The van der Waals surface area contributed by atoms with E-state index in [1.54, 1.807) is 25.1 Å². The van der Waals surface area contributed by atoms with Gasteiger partial charge in [-0.1, -0.05) is 25.1 Å². The highest BCUT2D eigenvalue weighted by Gasteiger charge is 2.26. The quantitative estimate of drug-likeness (QED) is 0.671. The van der Waals surface area contributed by atoms with E-state index in [2.05, 4.69) is 11.4 Å². The van der Waals surface area contributed by atoms with Crippen LogP contribution in [0.4, 0.5) is 5.69 Å². The van der Waals surface area contributed by atoms with E-state index in [0.29, 0.717) is 36.8 Å². The molecule has 0 saturated carbocycles. The molecular weight excluding hydrogens is 416 g/mol. The Bertz CT molecular complexity index is 1050. The van der Waals surface area contributed by atoms with E-state index in [0.717, 1.165) is 15.4 Å². The van der Waals surface area contributed by atoms with Gasteiger partial charge in [-0.3, -0.25) is 9.10 Å². The molecule has 0 fully saturated rings. The second-order valence-electron chi connectivity index (χ2n) is 7.61. The number of sulfonamides is 1. The lowest BCUT2D eigenvalue weighted by atomic mass is 9.99. The molecule has 1 heterocycles. The number of hydrogen-bond acceptors (Lipinski definition) is 5. The topological polar surface area (TPSA) is 84.9 Å². The number of benzene rings is 2. The highest BCUT2D eigenvalue weighted by molar-refractivity contribution is 7.92. The minimum Gasteiger partial charge on any atom is -0.486 e. The molecule has 1 amide bonds. The predicted octanol–water partition coefficient (Wildman–Crippen LogP) is 3.50. The second kappa shape index (κ2) is 9.60. The fourth-order valence-corrected chi connectivity index (χ4v) is 4.53. The lowest BCUT2D eigenvalue weighted by molar-refractivity contribution is -0.120. The summed E-state index contributed by atoms with van der Waals surface area (Å²) in [6, 6.07) is 10.8. The molecule has 0 unspecified atom stereocenters. The van der Waals surface area contributed by atoms with E-state index in [1.165, 1.54) is 5.56 Å². The van der Waals surface area contributed by atoms with Crippen molar-refractivity contribution in [2.75, 3.05) is 29.8 Å². The fourth-order valence-electron chi connectivity index (χ4n) is 3.47. The van der Waals surface area contributed by atoms with Gasteiger partial charge in [0.1, 0.15) is 19.8 Å². The summed E-state index contributed by atoms with van der Waals surface area (Å²) in [6.45, 7) is 8.15. The SMILES string of the molecule is CC[C@H](NC(=O)CN(c1ccc2c(c1)OCCO2)S(=O)(=O)CC)c1ccc(C)c(C)c1. The van der Waals surface area contributed by atoms with Gasteiger partial charge in [0.25, 0.3) is 0 Å². The molecule has 0 spiro atoms. The van der Waals surface area contributed by atoms with E-state index in [4.69, 9.17) is 9.47 Å². The average Bonchev–Trinajstić information content (AvgIpc) is 2.77. The van der Waals surface area contributed by atoms with Crippen LogP contribution >= 0.6 is 0 Å². The van der Waals surface area contributed by atoms with Crippen molar-refractivity contribution >= 4 is 21.6 Å². The first-order chi connectivity index (χ1) is 14.7. The second-order valence-corrected chi connectivity index (χ2v) is 9.79. The number of rotatable bonds is 8. The third kappa shape index (κ3) is 5.31. The van der Waals surface area contributed by atoms with Crippen molar-refractivity contribution < 1.29 is 22.7 Å². The van der Waals surface area contributed by atoms with Crippen LogP contribution < -0.4 is 19.1 Å². The van der Waals surface area contributed by atoms with Crippen molar-refractivity contribution in [3.8, 4) is 11.5 Å². The molecule has 0 radical (unpaired) electrons. The Morgan fingerprint density at radius 1 is 1.03 bits per heavy atom. The highest BCUT2D eigenvalue weighted by atomic mass is 32.2. The van der Waals surface area contributed by atoms with Gasteiger partial charge < -0.3 is 14.8 Å². The molecule has 8 heteroatoms. The molecule has 1 aliphatic rings. The Morgan fingerprint density at radius 2 is 1.74 bits per heavy atom. The molecule has 7 nitrogen and oxygen atoms in total. The first-order valence-corrected chi connectivity index (χ1v) is 12.1. The Balaban J connectivity index is 1.82. The molecule has 2 aromatic rings. The van der Waals surface area contributed by atoms with Crippen LogP contribution in [-0.4, -0.2) is 39.8 Å². The van der Waals surface area contributed by atoms with E-state index >= 15 is 0 Å². The van der Waals surface area contributed by atoms with E-state index < -0.39 is 10.0 Å². The number of fused-ring (bicyclic) bond motifs is 1. The largest absolute Gasteiger partial charge is 0.486 e. The number of ether oxygens (including phenoxy) is 2. The molecule has 2 aromatic carbocycles. The number of nitrogens with one attached hydrogen (secondary N) is 1.